The molecule has 0 amide bonds. The van der Waals surface area contributed by atoms with Crippen LogP contribution in [0.5, 0.6) is 0 Å². The zero-order valence-corrected chi connectivity index (χ0v) is 12.9. The number of rotatable bonds is 1. The fourth-order valence-corrected chi connectivity index (χ4v) is 1.43. The fourth-order valence-electron chi connectivity index (χ4n) is 0.798. The van der Waals surface area contributed by atoms with Crippen LogP contribution in [0.2, 0.25) is 0 Å². The predicted molar refractivity (Wildman–Crippen MR) is 38.4 cm³/mol. The smallest absolute Gasteiger partial charge is 0.807 e. The molecule has 0 radical (unpaired) electrons. The molecular weight excluding hydrogens is 209 g/mol. The van der Waals surface area contributed by atoms with Gasteiger partial charge in [0.1, 0.15) is 0 Å². The van der Waals surface area contributed by atoms with Gasteiger partial charge in [0, 0.05) is 0 Å². The summed E-state index contributed by atoms with van der Waals surface area (Å²) in [5.74, 6) is 0. The Bertz CT molecular complexity index is 310. The van der Waals surface area contributed by atoms with Crippen molar-refractivity contribution < 1.29 is 73.5 Å². The minimum Gasteiger partial charge on any atom is -0.807 e. The number of hydrogen-bond acceptors (Lipinski definition) is 3. The molecule has 13 heavy (non-hydrogen) atoms. The maximum absolute atomic E-state index is 10.5. The van der Waals surface area contributed by atoms with Crippen molar-refractivity contribution in [2.45, 2.75) is 6.92 Å². The molecule has 0 fully saturated rings. The summed E-state index contributed by atoms with van der Waals surface area (Å²) in [5.41, 5.74) is 0.773. The third kappa shape index (κ3) is 5.73. The van der Waals surface area contributed by atoms with E-state index in [0.717, 1.165) is 5.56 Å². The molecule has 60 valence electrons. The van der Waals surface area contributed by atoms with Crippen molar-refractivity contribution in [2.75, 3.05) is 0 Å². The molecule has 0 saturated carbocycles. The van der Waals surface area contributed by atoms with Gasteiger partial charge in [-0.15, -0.1) is 0 Å². The minimum absolute atomic E-state index is 0. The van der Waals surface area contributed by atoms with Gasteiger partial charge in [-0.3, -0.25) is 0 Å². The first-order valence-electron chi connectivity index (χ1n) is 3.09. The first-order chi connectivity index (χ1) is 5.00. The maximum atomic E-state index is 10.5. The van der Waals surface area contributed by atoms with E-state index in [-0.39, 0.29) is 64.4 Å². The normalized spacial score (nSPS) is 9.77. The van der Waals surface area contributed by atoms with Crippen LogP contribution in [0.15, 0.2) is 24.3 Å². The van der Waals surface area contributed by atoms with Crippen LogP contribution in [0.4, 0.5) is 0 Å². The van der Waals surface area contributed by atoms with Crippen molar-refractivity contribution in [1.29, 1.82) is 0 Å². The van der Waals surface area contributed by atoms with E-state index in [9.17, 15) is 14.4 Å². The molecule has 0 heterocycles. The first kappa shape index (κ1) is 16.8. The summed E-state index contributed by atoms with van der Waals surface area (Å²) in [6.45, 7) is 1.74. The zero-order valence-electron chi connectivity index (χ0n) is 7.98. The second kappa shape index (κ2) is 6.78. The molecule has 0 spiro atoms. The molecule has 0 unspecified atom stereocenters. The van der Waals surface area contributed by atoms with E-state index in [1.807, 2.05) is 0 Å². The topological polar surface area (TPSA) is 63.2 Å². The standard InChI is InChI=1S/C7H9O3P.2Na/c1-6-3-2-4-7(5-6)11(8,9)10;;/h2-5H,1H3,(H2,8,9,10);;/q;2*+1/p-2. The van der Waals surface area contributed by atoms with Crippen molar-refractivity contribution >= 4 is 12.9 Å². The maximum Gasteiger partial charge on any atom is 1.00 e. The summed E-state index contributed by atoms with van der Waals surface area (Å²) in [5, 5.41) is -0.141. The molecule has 0 bridgehead atoms. The summed E-state index contributed by atoms with van der Waals surface area (Å²) in [7, 11) is -4.55. The Hall–Kier alpha value is 1.37. The van der Waals surface area contributed by atoms with Crippen molar-refractivity contribution in [2.24, 2.45) is 0 Å². The molecule has 0 aliphatic rings. The second-order valence-electron chi connectivity index (χ2n) is 2.34. The Morgan fingerprint density at radius 3 is 2.08 bits per heavy atom. The molecule has 1 aromatic carbocycles. The molecule has 3 nitrogen and oxygen atoms in total. The third-order valence-electron chi connectivity index (χ3n) is 1.32. The van der Waals surface area contributed by atoms with Gasteiger partial charge < -0.3 is 14.4 Å². The van der Waals surface area contributed by atoms with Gasteiger partial charge in [-0.2, -0.15) is 0 Å². The Balaban J connectivity index is 0. The van der Waals surface area contributed by atoms with Crippen LogP contribution in [0.1, 0.15) is 5.56 Å². The van der Waals surface area contributed by atoms with Gasteiger partial charge in [0.25, 0.3) is 0 Å². The summed E-state index contributed by atoms with van der Waals surface area (Å²) < 4.78 is 10.5. The van der Waals surface area contributed by atoms with Crippen LogP contribution in [0.3, 0.4) is 0 Å². The van der Waals surface area contributed by atoms with Gasteiger partial charge >= 0.3 is 59.1 Å². The first-order valence-corrected chi connectivity index (χ1v) is 4.64. The number of aryl methyl sites for hydroxylation is 1. The van der Waals surface area contributed by atoms with E-state index in [2.05, 4.69) is 0 Å². The molecule has 0 aliphatic heterocycles. The number of benzene rings is 1. The quantitative estimate of drug-likeness (QED) is 0.346. The van der Waals surface area contributed by atoms with E-state index in [1.54, 1.807) is 19.1 Å². The summed E-state index contributed by atoms with van der Waals surface area (Å²) in [6.07, 6.45) is 0. The van der Waals surface area contributed by atoms with Crippen molar-refractivity contribution in [3.8, 4) is 0 Å². The summed E-state index contributed by atoms with van der Waals surface area (Å²) in [4.78, 5) is 20.9. The van der Waals surface area contributed by atoms with Crippen molar-refractivity contribution in [1.82, 2.24) is 0 Å². The minimum atomic E-state index is -4.55. The van der Waals surface area contributed by atoms with Crippen LogP contribution >= 0.6 is 7.60 Å². The van der Waals surface area contributed by atoms with Gasteiger partial charge in [0.15, 0.2) is 0 Å². The van der Waals surface area contributed by atoms with Crippen molar-refractivity contribution in [3.05, 3.63) is 29.8 Å². The monoisotopic (exact) mass is 216 g/mol. The van der Waals surface area contributed by atoms with E-state index in [4.69, 9.17) is 0 Å². The van der Waals surface area contributed by atoms with Gasteiger partial charge in [-0.1, -0.05) is 29.8 Å². The Morgan fingerprint density at radius 2 is 1.77 bits per heavy atom. The Labute approximate surface area is 122 Å². The molecule has 0 aliphatic carbocycles. The molecule has 0 saturated heterocycles. The van der Waals surface area contributed by atoms with Crippen LogP contribution in [0, 0.1) is 6.92 Å². The zero-order chi connectivity index (χ0) is 8.48. The summed E-state index contributed by atoms with van der Waals surface area (Å²) >= 11 is 0. The van der Waals surface area contributed by atoms with Crippen LogP contribution < -0.4 is 74.2 Å². The van der Waals surface area contributed by atoms with E-state index < -0.39 is 7.60 Å². The largest absolute Gasteiger partial charge is 1.00 e. The SMILES string of the molecule is Cc1cccc(P(=O)([O-])[O-])c1.[Na+].[Na+]. The average Bonchev–Trinajstić information content (AvgIpc) is 1.86. The van der Waals surface area contributed by atoms with E-state index in [1.165, 1.54) is 12.1 Å². The molecular formula is C7H7Na2O3P. The molecule has 1 rings (SSSR count). The van der Waals surface area contributed by atoms with E-state index >= 15 is 0 Å². The molecule has 6 heteroatoms. The molecule has 0 atom stereocenters. The Kier molecular flexibility index (Phi) is 8.76. The van der Waals surface area contributed by atoms with Crippen molar-refractivity contribution in [3.63, 3.8) is 0 Å². The number of hydrogen-bond donors (Lipinski definition) is 0. The van der Waals surface area contributed by atoms with Crippen LogP contribution in [-0.4, -0.2) is 0 Å². The molecule has 1 aromatic rings. The van der Waals surface area contributed by atoms with E-state index in [0.29, 0.717) is 0 Å². The Morgan fingerprint density at radius 1 is 1.23 bits per heavy atom. The van der Waals surface area contributed by atoms with Gasteiger partial charge in [-0.05, 0) is 19.8 Å². The molecule has 0 aromatic heterocycles. The van der Waals surface area contributed by atoms with Gasteiger partial charge in [0.2, 0.25) is 0 Å². The molecule has 0 N–H and O–H groups in total. The van der Waals surface area contributed by atoms with Gasteiger partial charge in [0.05, 0.1) is 0 Å². The second-order valence-corrected chi connectivity index (χ2v) is 3.85. The third-order valence-corrected chi connectivity index (χ3v) is 2.23. The average molecular weight is 216 g/mol. The predicted octanol–water partition coefficient (Wildman–Crippen LogP) is -6.46. The van der Waals surface area contributed by atoms with Crippen LogP contribution in [-0.2, 0) is 4.57 Å². The summed E-state index contributed by atoms with van der Waals surface area (Å²) in [6, 6.07) is 5.95. The van der Waals surface area contributed by atoms with Gasteiger partial charge in [-0.25, -0.2) is 0 Å². The fraction of sp³-hybridized carbons (Fsp3) is 0.143. The van der Waals surface area contributed by atoms with Crippen LogP contribution in [0.25, 0.3) is 0 Å².